The zero-order chi connectivity index (χ0) is 14.7. The highest BCUT2D eigenvalue weighted by Gasteiger charge is 2.09. The first kappa shape index (κ1) is 15.3. The number of halogens is 2. The van der Waals surface area contributed by atoms with Crippen molar-refractivity contribution < 1.29 is 4.74 Å². The van der Waals surface area contributed by atoms with Crippen LogP contribution in [0.1, 0.15) is 5.56 Å². The summed E-state index contributed by atoms with van der Waals surface area (Å²) in [4.78, 5) is 0.335. The quantitative estimate of drug-likeness (QED) is 0.716. The molecule has 104 valence electrons. The summed E-state index contributed by atoms with van der Waals surface area (Å²) in [7, 11) is 1.62. The minimum atomic E-state index is 0.335. The van der Waals surface area contributed by atoms with E-state index in [1.54, 1.807) is 7.11 Å². The molecule has 0 heterocycles. The van der Waals surface area contributed by atoms with Gasteiger partial charge in [0, 0.05) is 20.6 Å². The summed E-state index contributed by atoms with van der Waals surface area (Å²) >= 11 is 12.0. The van der Waals surface area contributed by atoms with Crippen LogP contribution in [0, 0.1) is 0 Å². The number of rotatable bonds is 4. The van der Waals surface area contributed by atoms with Crippen LogP contribution in [-0.2, 0) is 0 Å². The van der Waals surface area contributed by atoms with E-state index in [0.717, 1.165) is 31.6 Å². The third-order valence-electron chi connectivity index (χ3n) is 2.69. The monoisotopic (exact) mass is 414 g/mol. The van der Waals surface area contributed by atoms with Gasteiger partial charge in [0.05, 0.1) is 18.5 Å². The normalized spacial score (nSPS) is 10.2. The van der Waals surface area contributed by atoms with Crippen LogP contribution < -0.4 is 15.8 Å². The fourth-order valence-electron chi connectivity index (χ4n) is 1.71. The molecular weight excluding hydrogens is 404 g/mol. The van der Waals surface area contributed by atoms with Crippen molar-refractivity contribution in [3.8, 4) is 5.75 Å². The summed E-state index contributed by atoms with van der Waals surface area (Å²) < 4.78 is 7.15. The van der Waals surface area contributed by atoms with E-state index in [1.807, 2.05) is 36.4 Å². The Balaban J connectivity index is 2.45. The molecule has 3 N–H and O–H groups in total. The van der Waals surface area contributed by atoms with E-state index in [4.69, 9.17) is 22.7 Å². The van der Waals surface area contributed by atoms with E-state index in [-0.39, 0.29) is 0 Å². The van der Waals surface area contributed by atoms with Crippen LogP contribution >= 0.6 is 44.1 Å². The average molecular weight is 416 g/mol. The smallest absolute Gasteiger partial charge is 0.120 e. The van der Waals surface area contributed by atoms with Crippen LogP contribution in [0.2, 0.25) is 0 Å². The Labute approximate surface area is 139 Å². The van der Waals surface area contributed by atoms with E-state index in [0.29, 0.717) is 4.99 Å². The number of hydrogen-bond donors (Lipinski definition) is 2. The number of hydrogen-bond acceptors (Lipinski definition) is 3. The van der Waals surface area contributed by atoms with Gasteiger partial charge in [-0.2, -0.15) is 0 Å². The SMILES string of the molecule is COc1ccc(C(N)=S)c(Nc2cc(Br)ccc2Br)c1. The predicted octanol–water partition coefficient (Wildman–Crippen LogP) is 4.60. The van der Waals surface area contributed by atoms with Crippen LogP contribution in [0.4, 0.5) is 11.4 Å². The Morgan fingerprint density at radius 2 is 1.90 bits per heavy atom. The minimum Gasteiger partial charge on any atom is -0.497 e. The number of methoxy groups -OCH3 is 1. The lowest BCUT2D eigenvalue weighted by Crippen LogP contribution is -2.12. The van der Waals surface area contributed by atoms with Crippen molar-refractivity contribution in [1.82, 2.24) is 0 Å². The van der Waals surface area contributed by atoms with E-state index < -0.39 is 0 Å². The molecule has 0 amide bonds. The van der Waals surface area contributed by atoms with Gasteiger partial charge in [0.15, 0.2) is 0 Å². The van der Waals surface area contributed by atoms with E-state index in [9.17, 15) is 0 Å². The predicted molar refractivity (Wildman–Crippen MR) is 94.0 cm³/mol. The fourth-order valence-corrected chi connectivity index (χ4v) is 2.59. The highest BCUT2D eigenvalue weighted by molar-refractivity contribution is 9.11. The molecule has 0 aromatic heterocycles. The highest BCUT2D eigenvalue weighted by atomic mass is 79.9. The van der Waals surface area contributed by atoms with Gasteiger partial charge in [-0.15, -0.1) is 0 Å². The molecule has 0 spiro atoms. The molecule has 2 aromatic carbocycles. The maximum Gasteiger partial charge on any atom is 0.120 e. The maximum atomic E-state index is 5.76. The number of benzene rings is 2. The Bertz CT molecular complexity index is 662. The Morgan fingerprint density at radius 1 is 1.15 bits per heavy atom. The summed E-state index contributed by atoms with van der Waals surface area (Å²) in [5.74, 6) is 0.735. The van der Waals surface area contributed by atoms with Crippen molar-refractivity contribution in [3.05, 3.63) is 50.9 Å². The van der Waals surface area contributed by atoms with Gasteiger partial charge in [-0.05, 0) is 46.3 Å². The molecule has 0 atom stereocenters. The lowest BCUT2D eigenvalue weighted by Gasteiger charge is -2.14. The third-order valence-corrected chi connectivity index (χ3v) is 4.09. The van der Waals surface area contributed by atoms with Gasteiger partial charge in [0.25, 0.3) is 0 Å². The molecule has 0 bridgehead atoms. The average Bonchev–Trinajstić information content (AvgIpc) is 2.42. The van der Waals surface area contributed by atoms with Crippen molar-refractivity contribution in [1.29, 1.82) is 0 Å². The molecular formula is C14H12Br2N2OS. The summed E-state index contributed by atoms with van der Waals surface area (Å²) in [5.41, 5.74) is 8.24. The van der Waals surface area contributed by atoms with Gasteiger partial charge in [-0.1, -0.05) is 28.1 Å². The van der Waals surface area contributed by atoms with Crippen molar-refractivity contribution >= 4 is 60.4 Å². The first-order chi connectivity index (χ1) is 9.51. The first-order valence-electron chi connectivity index (χ1n) is 5.71. The van der Waals surface area contributed by atoms with Crippen molar-refractivity contribution in [2.45, 2.75) is 0 Å². The van der Waals surface area contributed by atoms with Crippen molar-refractivity contribution in [3.63, 3.8) is 0 Å². The van der Waals surface area contributed by atoms with Gasteiger partial charge in [-0.3, -0.25) is 0 Å². The number of ether oxygens (including phenoxy) is 1. The zero-order valence-electron chi connectivity index (χ0n) is 10.6. The second-order valence-corrected chi connectivity index (χ2v) is 6.23. The molecule has 0 radical (unpaired) electrons. The van der Waals surface area contributed by atoms with Gasteiger partial charge >= 0.3 is 0 Å². The second-order valence-electron chi connectivity index (χ2n) is 4.02. The number of anilines is 2. The van der Waals surface area contributed by atoms with Gasteiger partial charge in [-0.25, -0.2) is 0 Å². The van der Waals surface area contributed by atoms with E-state index >= 15 is 0 Å². The highest BCUT2D eigenvalue weighted by Crippen LogP contribution is 2.32. The van der Waals surface area contributed by atoms with E-state index in [2.05, 4.69) is 37.2 Å². The lowest BCUT2D eigenvalue weighted by molar-refractivity contribution is 0.415. The molecule has 0 saturated heterocycles. The number of nitrogens with one attached hydrogen (secondary N) is 1. The topological polar surface area (TPSA) is 47.3 Å². The van der Waals surface area contributed by atoms with Crippen LogP contribution in [0.15, 0.2) is 45.3 Å². The fraction of sp³-hybridized carbons (Fsp3) is 0.0714. The standard InChI is InChI=1S/C14H12Br2N2OS/c1-19-9-3-4-10(14(17)20)12(7-9)18-13-6-8(15)2-5-11(13)16/h2-7,18H,1H3,(H2,17,20). The van der Waals surface area contributed by atoms with Crippen LogP contribution in [0.3, 0.4) is 0 Å². The van der Waals surface area contributed by atoms with Gasteiger partial charge in [0.2, 0.25) is 0 Å². The maximum absolute atomic E-state index is 5.76. The van der Waals surface area contributed by atoms with Crippen molar-refractivity contribution in [2.24, 2.45) is 5.73 Å². The largest absolute Gasteiger partial charge is 0.497 e. The lowest BCUT2D eigenvalue weighted by atomic mass is 10.1. The summed E-state index contributed by atoms with van der Waals surface area (Å²) in [6, 6.07) is 11.4. The minimum absolute atomic E-state index is 0.335. The molecule has 20 heavy (non-hydrogen) atoms. The van der Waals surface area contributed by atoms with Gasteiger partial charge in [0.1, 0.15) is 10.7 Å². The summed E-state index contributed by atoms with van der Waals surface area (Å²) in [5, 5.41) is 3.31. The molecule has 0 saturated carbocycles. The Kier molecular flexibility index (Phi) is 5.01. The summed E-state index contributed by atoms with van der Waals surface area (Å²) in [6.45, 7) is 0. The molecule has 6 heteroatoms. The number of nitrogens with two attached hydrogens (primary N) is 1. The molecule has 2 aromatic rings. The Hall–Kier alpha value is -1.11. The molecule has 0 aliphatic carbocycles. The van der Waals surface area contributed by atoms with Crippen LogP contribution in [0.5, 0.6) is 5.75 Å². The first-order valence-corrected chi connectivity index (χ1v) is 7.70. The van der Waals surface area contributed by atoms with Crippen molar-refractivity contribution in [2.75, 3.05) is 12.4 Å². The van der Waals surface area contributed by atoms with Gasteiger partial charge < -0.3 is 15.8 Å². The molecule has 2 rings (SSSR count). The second kappa shape index (κ2) is 6.56. The van der Waals surface area contributed by atoms with E-state index in [1.165, 1.54) is 0 Å². The summed E-state index contributed by atoms with van der Waals surface area (Å²) in [6.07, 6.45) is 0. The van der Waals surface area contributed by atoms with Crippen LogP contribution in [-0.4, -0.2) is 12.1 Å². The molecule has 3 nitrogen and oxygen atoms in total. The molecule has 0 fully saturated rings. The third kappa shape index (κ3) is 3.50. The molecule has 0 unspecified atom stereocenters. The van der Waals surface area contributed by atoms with Crippen LogP contribution in [0.25, 0.3) is 0 Å². The number of thiocarbonyl (C=S) groups is 1. The zero-order valence-corrected chi connectivity index (χ0v) is 14.6. The Morgan fingerprint density at radius 3 is 2.55 bits per heavy atom. The molecule has 0 aliphatic rings. The molecule has 0 aliphatic heterocycles.